The number of rotatable bonds is 4. The molecule has 3 rings (SSSR count). The molecule has 2 aromatic carbocycles. The monoisotopic (exact) mass is 318 g/mol. The molecule has 1 aliphatic carbocycles. The molecule has 3 unspecified atom stereocenters. The molecule has 1 saturated carbocycles. The lowest BCUT2D eigenvalue weighted by molar-refractivity contribution is 0.600. The number of benzene rings is 2. The summed E-state index contributed by atoms with van der Waals surface area (Å²) in [7, 11) is 0. The summed E-state index contributed by atoms with van der Waals surface area (Å²) in [5, 5.41) is 0. The van der Waals surface area contributed by atoms with E-state index in [0.717, 1.165) is 12.0 Å². The Bertz CT molecular complexity index is 552. The van der Waals surface area contributed by atoms with Crippen molar-refractivity contribution in [1.82, 2.24) is 0 Å². The SMILES string of the molecule is Fc1ccccc1CC(Br)C1CC1c1ccccc1. The zero-order valence-corrected chi connectivity index (χ0v) is 12.2. The Balaban J connectivity index is 1.64. The largest absolute Gasteiger partial charge is 0.207 e. The molecule has 3 atom stereocenters. The van der Waals surface area contributed by atoms with Gasteiger partial charge in [0, 0.05) is 4.83 Å². The fourth-order valence-electron chi connectivity index (χ4n) is 2.72. The van der Waals surface area contributed by atoms with Crippen molar-refractivity contribution in [1.29, 1.82) is 0 Å². The van der Waals surface area contributed by atoms with Crippen LogP contribution in [0.1, 0.15) is 23.5 Å². The Morgan fingerprint density at radius 2 is 1.74 bits per heavy atom. The third-order valence-electron chi connectivity index (χ3n) is 3.90. The molecule has 0 aromatic heterocycles. The third kappa shape index (κ3) is 2.89. The van der Waals surface area contributed by atoms with E-state index in [9.17, 15) is 4.39 Å². The molecule has 1 fully saturated rings. The van der Waals surface area contributed by atoms with Gasteiger partial charge in [-0.2, -0.15) is 0 Å². The highest BCUT2D eigenvalue weighted by atomic mass is 79.9. The Morgan fingerprint density at radius 1 is 1.05 bits per heavy atom. The van der Waals surface area contributed by atoms with E-state index in [4.69, 9.17) is 0 Å². The molecule has 0 heterocycles. The van der Waals surface area contributed by atoms with Crippen molar-refractivity contribution in [2.75, 3.05) is 0 Å². The van der Waals surface area contributed by atoms with Gasteiger partial charge in [0.05, 0.1) is 0 Å². The maximum atomic E-state index is 13.6. The molecule has 2 aromatic rings. The first kappa shape index (κ1) is 12.9. The van der Waals surface area contributed by atoms with Crippen LogP contribution < -0.4 is 0 Å². The standard InChI is InChI=1S/C17H16BrF/c18-16(10-13-8-4-5-9-17(13)19)15-11-14(15)12-6-2-1-3-7-12/h1-9,14-16H,10-11H2. The second kappa shape index (κ2) is 5.46. The highest BCUT2D eigenvalue weighted by Gasteiger charge is 2.42. The van der Waals surface area contributed by atoms with Gasteiger partial charge in [-0.05, 0) is 41.9 Å². The van der Waals surface area contributed by atoms with Crippen LogP contribution in [-0.2, 0) is 6.42 Å². The van der Waals surface area contributed by atoms with Gasteiger partial charge >= 0.3 is 0 Å². The summed E-state index contributed by atoms with van der Waals surface area (Å²) in [5.41, 5.74) is 2.22. The summed E-state index contributed by atoms with van der Waals surface area (Å²) in [6.07, 6.45) is 1.97. The molecule has 0 aliphatic heterocycles. The minimum absolute atomic E-state index is 0.0936. The number of hydrogen-bond donors (Lipinski definition) is 0. The first-order valence-electron chi connectivity index (χ1n) is 6.68. The smallest absolute Gasteiger partial charge is 0.126 e. The van der Waals surface area contributed by atoms with E-state index < -0.39 is 0 Å². The van der Waals surface area contributed by atoms with E-state index in [1.807, 2.05) is 18.2 Å². The van der Waals surface area contributed by atoms with Gasteiger partial charge in [-0.3, -0.25) is 0 Å². The lowest BCUT2D eigenvalue weighted by Gasteiger charge is -2.10. The number of alkyl halides is 1. The van der Waals surface area contributed by atoms with Crippen molar-refractivity contribution in [3.8, 4) is 0 Å². The van der Waals surface area contributed by atoms with Gasteiger partial charge < -0.3 is 0 Å². The summed E-state index contributed by atoms with van der Waals surface area (Å²) >= 11 is 3.75. The van der Waals surface area contributed by atoms with Crippen LogP contribution in [0.15, 0.2) is 54.6 Å². The van der Waals surface area contributed by atoms with Gasteiger partial charge in [0.25, 0.3) is 0 Å². The Kier molecular flexibility index (Phi) is 3.69. The van der Waals surface area contributed by atoms with Gasteiger partial charge in [0.2, 0.25) is 0 Å². The highest BCUT2D eigenvalue weighted by Crippen LogP contribution is 2.52. The third-order valence-corrected chi connectivity index (χ3v) is 4.91. The van der Waals surface area contributed by atoms with Crippen LogP contribution in [0.5, 0.6) is 0 Å². The molecular weight excluding hydrogens is 303 g/mol. The van der Waals surface area contributed by atoms with Crippen LogP contribution >= 0.6 is 15.9 Å². The minimum atomic E-state index is -0.0936. The van der Waals surface area contributed by atoms with Crippen molar-refractivity contribution >= 4 is 15.9 Å². The number of hydrogen-bond acceptors (Lipinski definition) is 0. The van der Waals surface area contributed by atoms with E-state index in [1.54, 1.807) is 6.07 Å². The second-order valence-corrected chi connectivity index (χ2v) is 6.40. The Morgan fingerprint density at radius 3 is 2.47 bits per heavy atom. The molecule has 0 spiro atoms. The molecule has 98 valence electrons. The zero-order valence-electron chi connectivity index (χ0n) is 10.6. The molecule has 0 N–H and O–H groups in total. The average Bonchev–Trinajstić information content (AvgIpc) is 3.23. The van der Waals surface area contributed by atoms with Crippen LogP contribution in [0.4, 0.5) is 4.39 Å². The lowest BCUT2D eigenvalue weighted by atomic mass is 10.0. The van der Waals surface area contributed by atoms with Gasteiger partial charge in [0.1, 0.15) is 5.82 Å². The molecule has 2 heteroatoms. The molecule has 1 aliphatic rings. The predicted molar refractivity (Wildman–Crippen MR) is 80.1 cm³/mol. The van der Waals surface area contributed by atoms with Crippen molar-refractivity contribution in [3.05, 3.63) is 71.5 Å². The van der Waals surface area contributed by atoms with E-state index >= 15 is 0 Å². The van der Waals surface area contributed by atoms with Crippen LogP contribution in [0.2, 0.25) is 0 Å². The van der Waals surface area contributed by atoms with Crippen LogP contribution in [-0.4, -0.2) is 4.83 Å². The minimum Gasteiger partial charge on any atom is -0.207 e. The fourth-order valence-corrected chi connectivity index (χ4v) is 3.66. The van der Waals surface area contributed by atoms with Crippen LogP contribution in [0, 0.1) is 11.7 Å². The summed E-state index contributed by atoms with van der Waals surface area (Å²) < 4.78 is 13.6. The van der Waals surface area contributed by atoms with E-state index in [0.29, 0.717) is 16.7 Å². The van der Waals surface area contributed by atoms with Gasteiger partial charge in [-0.1, -0.05) is 64.5 Å². The summed E-state index contributed by atoms with van der Waals surface area (Å²) in [4.78, 5) is 0.356. The first-order valence-corrected chi connectivity index (χ1v) is 7.59. The molecule has 0 radical (unpaired) electrons. The molecule has 0 amide bonds. The zero-order chi connectivity index (χ0) is 13.2. The van der Waals surface area contributed by atoms with E-state index in [2.05, 4.69) is 40.2 Å². The van der Waals surface area contributed by atoms with E-state index in [1.165, 1.54) is 18.1 Å². The van der Waals surface area contributed by atoms with E-state index in [-0.39, 0.29) is 5.82 Å². The van der Waals surface area contributed by atoms with Crippen molar-refractivity contribution in [3.63, 3.8) is 0 Å². The highest BCUT2D eigenvalue weighted by molar-refractivity contribution is 9.09. The fraction of sp³-hybridized carbons (Fsp3) is 0.294. The summed E-state index contributed by atoms with van der Waals surface area (Å²) in [6.45, 7) is 0. The van der Waals surface area contributed by atoms with Crippen molar-refractivity contribution in [2.24, 2.45) is 5.92 Å². The lowest BCUT2D eigenvalue weighted by Crippen LogP contribution is -2.08. The average molecular weight is 319 g/mol. The maximum absolute atomic E-state index is 13.6. The normalized spacial score (nSPS) is 23.1. The Labute approximate surface area is 121 Å². The molecular formula is C17H16BrF. The molecule has 0 bridgehead atoms. The molecule has 0 nitrogen and oxygen atoms in total. The maximum Gasteiger partial charge on any atom is 0.126 e. The summed E-state index contributed by atoms with van der Waals surface area (Å²) in [6, 6.07) is 17.7. The Hall–Kier alpha value is -1.15. The van der Waals surface area contributed by atoms with Crippen LogP contribution in [0.3, 0.4) is 0 Å². The molecule has 0 saturated heterocycles. The van der Waals surface area contributed by atoms with Crippen molar-refractivity contribution in [2.45, 2.75) is 23.6 Å². The van der Waals surface area contributed by atoms with Gasteiger partial charge in [0.15, 0.2) is 0 Å². The predicted octanol–water partition coefficient (Wildman–Crippen LogP) is 4.94. The summed E-state index contributed by atoms with van der Waals surface area (Å²) in [5.74, 6) is 1.17. The second-order valence-electron chi connectivity index (χ2n) is 5.23. The van der Waals surface area contributed by atoms with Gasteiger partial charge in [-0.15, -0.1) is 0 Å². The van der Waals surface area contributed by atoms with Crippen molar-refractivity contribution < 1.29 is 4.39 Å². The quantitative estimate of drug-likeness (QED) is 0.701. The number of halogens is 2. The van der Waals surface area contributed by atoms with Crippen LogP contribution in [0.25, 0.3) is 0 Å². The first-order chi connectivity index (χ1) is 9.25. The van der Waals surface area contributed by atoms with Gasteiger partial charge in [-0.25, -0.2) is 4.39 Å². The topological polar surface area (TPSA) is 0 Å². The molecule has 19 heavy (non-hydrogen) atoms.